The van der Waals surface area contributed by atoms with E-state index in [1.165, 1.54) is 18.4 Å². The van der Waals surface area contributed by atoms with E-state index in [1.54, 1.807) is 11.3 Å². The van der Waals surface area contributed by atoms with Gasteiger partial charge in [-0.25, -0.2) is 0 Å². The molecular weight excluding hydrogens is 256 g/mol. The van der Waals surface area contributed by atoms with E-state index in [1.807, 2.05) is 0 Å². The second kappa shape index (κ2) is 7.39. The zero-order chi connectivity index (χ0) is 13.7. The lowest BCUT2D eigenvalue weighted by molar-refractivity contribution is 0.0259. The Balaban J connectivity index is 1.66. The lowest BCUT2D eigenvalue weighted by Crippen LogP contribution is -2.34. The second-order valence-corrected chi connectivity index (χ2v) is 6.63. The van der Waals surface area contributed by atoms with Crippen LogP contribution in [0.25, 0.3) is 0 Å². The van der Waals surface area contributed by atoms with Crippen molar-refractivity contribution in [1.29, 1.82) is 0 Å². The molecule has 19 heavy (non-hydrogen) atoms. The molecule has 0 amide bonds. The highest BCUT2D eigenvalue weighted by Gasteiger charge is 2.25. The first kappa shape index (κ1) is 15.0. The van der Waals surface area contributed by atoms with Crippen LogP contribution in [0.3, 0.4) is 0 Å². The van der Waals surface area contributed by atoms with Crippen molar-refractivity contribution in [3.8, 4) is 0 Å². The summed E-state index contributed by atoms with van der Waals surface area (Å²) in [7, 11) is 2.18. The van der Waals surface area contributed by atoms with Crippen LogP contribution in [-0.2, 0) is 11.3 Å². The number of rotatable bonds is 7. The Labute approximate surface area is 121 Å². The molecule has 0 bridgehead atoms. The number of hydrogen-bond donors (Lipinski definition) is 1. The van der Waals surface area contributed by atoms with Gasteiger partial charge in [0.15, 0.2) is 0 Å². The second-order valence-electron chi connectivity index (χ2n) is 5.85. The van der Waals surface area contributed by atoms with E-state index in [4.69, 9.17) is 4.74 Å². The van der Waals surface area contributed by atoms with Crippen LogP contribution < -0.4 is 5.32 Å². The smallest absolute Gasteiger partial charge is 0.0707 e. The summed E-state index contributed by atoms with van der Waals surface area (Å²) in [4.78, 5) is 2.37. The summed E-state index contributed by atoms with van der Waals surface area (Å²) < 4.78 is 6.10. The molecule has 108 valence electrons. The van der Waals surface area contributed by atoms with Crippen molar-refractivity contribution in [3.05, 3.63) is 22.4 Å². The molecule has 0 radical (unpaired) electrons. The maximum atomic E-state index is 6.10. The van der Waals surface area contributed by atoms with Crippen LogP contribution >= 0.6 is 11.3 Å². The van der Waals surface area contributed by atoms with Gasteiger partial charge in [-0.15, -0.1) is 0 Å². The summed E-state index contributed by atoms with van der Waals surface area (Å²) in [6.45, 7) is 7.41. The van der Waals surface area contributed by atoms with E-state index in [2.05, 4.69) is 47.9 Å². The topological polar surface area (TPSA) is 24.5 Å². The predicted molar refractivity (Wildman–Crippen MR) is 81.7 cm³/mol. The highest BCUT2D eigenvalue weighted by atomic mass is 32.1. The fourth-order valence-electron chi connectivity index (χ4n) is 2.54. The fraction of sp³-hybridized carbons (Fsp3) is 0.733. The van der Waals surface area contributed by atoms with Crippen molar-refractivity contribution >= 4 is 11.3 Å². The molecule has 1 aromatic rings. The van der Waals surface area contributed by atoms with Gasteiger partial charge >= 0.3 is 0 Å². The van der Waals surface area contributed by atoms with E-state index in [0.29, 0.717) is 18.2 Å². The van der Waals surface area contributed by atoms with Gasteiger partial charge in [-0.1, -0.05) is 13.8 Å². The molecule has 1 aliphatic heterocycles. The number of likely N-dealkylation sites (N-methyl/N-ethyl adjacent to an activating group) is 1. The van der Waals surface area contributed by atoms with Gasteiger partial charge in [0.05, 0.1) is 12.2 Å². The van der Waals surface area contributed by atoms with Gasteiger partial charge in [0.25, 0.3) is 0 Å². The molecule has 1 aromatic heterocycles. The first-order valence-electron chi connectivity index (χ1n) is 7.22. The van der Waals surface area contributed by atoms with Crippen molar-refractivity contribution in [2.45, 2.75) is 51.5 Å². The van der Waals surface area contributed by atoms with Crippen LogP contribution in [0.15, 0.2) is 16.8 Å². The Morgan fingerprint density at radius 3 is 2.89 bits per heavy atom. The monoisotopic (exact) mass is 282 g/mol. The Morgan fingerprint density at radius 2 is 2.21 bits per heavy atom. The summed E-state index contributed by atoms with van der Waals surface area (Å²) >= 11 is 1.77. The zero-order valence-corrected chi connectivity index (χ0v) is 13.1. The molecule has 0 spiro atoms. The number of hydrogen-bond acceptors (Lipinski definition) is 4. The van der Waals surface area contributed by atoms with E-state index < -0.39 is 0 Å². The van der Waals surface area contributed by atoms with Crippen LogP contribution in [0.1, 0.15) is 32.3 Å². The molecule has 0 aromatic carbocycles. The Kier molecular flexibility index (Phi) is 5.82. The van der Waals surface area contributed by atoms with Crippen molar-refractivity contribution in [3.63, 3.8) is 0 Å². The summed E-state index contributed by atoms with van der Waals surface area (Å²) in [5, 5.41) is 7.83. The molecule has 3 nitrogen and oxygen atoms in total. The first-order chi connectivity index (χ1) is 9.13. The maximum Gasteiger partial charge on any atom is 0.0707 e. The molecular formula is C15H26N2OS. The van der Waals surface area contributed by atoms with E-state index in [-0.39, 0.29) is 0 Å². The van der Waals surface area contributed by atoms with Crippen LogP contribution in [0, 0.1) is 0 Å². The lowest BCUT2D eigenvalue weighted by Gasteiger charge is -2.21. The minimum Gasteiger partial charge on any atom is -0.372 e. The normalized spacial score (nSPS) is 23.6. The highest BCUT2D eigenvalue weighted by Crippen LogP contribution is 2.20. The SMILES string of the molecule is CC(C)NCC1CCC(CN(C)Cc2ccsc2)O1. The lowest BCUT2D eigenvalue weighted by atomic mass is 10.2. The highest BCUT2D eigenvalue weighted by molar-refractivity contribution is 7.07. The Hall–Kier alpha value is -0.420. The first-order valence-corrected chi connectivity index (χ1v) is 8.16. The zero-order valence-electron chi connectivity index (χ0n) is 12.3. The van der Waals surface area contributed by atoms with Gasteiger partial charge < -0.3 is 10.1 Å². The molecule has 1 N–H and O–H groups in total. The number of ether oxygens (including phenoxy) is 1. The van der Waals surface area contributed by atoms with Crippen molar-refractivity contribution < 1.29 is 4.74 Å². The van der Waals surface area contributed by atoms with E-state index >= 15 is 0 Å². The fourth-order valence-corrected chi connectivity index (χ4v) is 3.20. The minimum absolute atomic E-state index is 0.405. The third kappa shape index (κ3) is 5.22. The minimum atomic E-state index is 0.405. The summed E-state index contributed by atoms with van der Waals surface area (Å²) in [6.07, 6.45) is 3.19. The molecule has 0 saturated carbocycles. The quantitative estimate of drug-likeness (QED) is 0.832. The van der Waals surface area contributed by atoms with Crippen molar-refractivity contribution in [2.24, 2.45) is 0 Å². The van der Waals surface area contributed by atoms with Gasteiger partial charge in [-0.05, 0) is 42.3 Å². The van der Waals surface area contributed by atoms with Gasteiger partial charge in [-0.3, -0.25) is 4.90 Å². The molecule has 2 atom stereocenters. The molecule has 2 heterocycles. The summed E-state index contributed by atoms with van der Waals surface area (Å²) in [5.41, 5.74) is 1.41. The molecule has 2 rings (SSSR count). The average Bonchev–Trinajstić information content (AvgIpc) is 2.98. The number of nitrogens with zero attached hydrogens (tertiary/aromatic N) is 1. The summed E-state index contributed by atoms with van der Waals surface area (Å²) in [5.74, 6) is 0. The van der Waals surface area contributed by atoms with Crippen LogP contribution in [0.4, 0.5) is 0 Å². The van der Waals surface area contributed by atoms with Crippen LogP contribution in [-0.4, -0.2) is 43.3 Å². The third-order valence-corrected chi connectivity index (χ3v) is 4.23. The number of nitrogens with one attached hydrogen (secondary N) is 1. The molecule has 0 aliphatic carbocycles. The molecule has 2 unspecified atom stereocenters. The largest absolute Gasteiger partial charge is 0.372 e. The average molecular weight is 282 g/mol. The van der Waals surface area contributed by atoms with Crippen molar-refractivity contribution in [1.82, 2.24) is 10.2 Å². The van der Waals surface area contributed by atoms with Gasteiger partial charge in [0, 0.05) is 25.7 Å². The van der Waals surface area contributed by atoms with E-state index in [0.717, 1.165) is 19.6 Å². The van der Waals surface area contributed by atoms with Gasteiger partial charge in [0.1, 0.15) is 0 Å². The van der Waals surface area contributed by atoms with Crippen LogP contribution in [0.5, 0.6) is 0 Å². The van der Waals surface area contributed by atoms with Gasteiger partial charge in [0.2, 0.25) is 0 Å². The van der Waals surface area contributed by atoms with Crippen molar-refractivity contribution in [2.75, 3.05) is 20.1 Å². The number of thiophene rings is 1. The third-order valence-electron chi connectivity index (χ3n) is 3.50. The van der Waals surface area contributed by atoms with E-state index in [9.17, 15) is 0 Å². The molecule has 1 aliphatic rings. The summed E-state index contributed by atoms with van der Waals surface area (Å²) in [6, 6.07) is 2.75. The molecule has 1 fully saturated rings. The van der Waals surface area contributed by atoms with Crippen LogP contribution in [0.2, 0.25) is 0 Å². The van der Waals surface area contributed by atoms with Gasteiger partial charge in [-0.2, -0.15) is 11.3 Å². The predicted octanol–water partition coefficient (Wildman–Crippen LogP) is 2.73. The Morgan fingerprint density at radius 1 is 1.42 bits per heavy atom. The molecule has 1 saturated heterocycles. The Bertz CT molecular complexity index is 353. The standard InChI is InChI=1S/C15H26N2OS/c1-12(2)16-8-14-4-5-15(18-14)10-17(3)9-13-6-7-19-11-13/h6-7,11-12,14-16H,4-5,8-10H2,1-3H3. The molecule has 4 heteroatoms. The maximum absolute atomic E-state index is 6.10.